The maximum atomic E-state index is 11.5. The number of nitrogens with one attached hydrogen (secondary N) is 3. The minimum Gasteiger partial charge on any atom is -0.369 e. The quantitative estimate of drug-likeness (QED) is 0.671. The van der Waals surface area contributed by atoms with Gasteiger partial charge in [-0.25, -0.2) is 4.98 Å². The summed E-state index contributed by atoms with van der Waals surface area (Å²) in [6.45, 7) is 3.19. The first-order chi connectivity index (χ1) is 8.78. The van der Waals surface area contributed by atoms with Crippen LogP contribution in [0.5, 0.6) is 0 Å². The SMILES string of the molecule is CCCNc1cncc(NCC(=O)NC2CC2)n1. The standard InChI is InChI=1S/C12H19N5O/c1-2-5-14-10-6-13-7-11(17-10)15-8-12(18)16-9-3-4-9/h6-7,9H,2-5,8H2,1H3,(H,16,18)(H2,14,15,17). The van der Waals surface area contributed by atoms with Crippen LogP contribution in [0.4, 0.5) is 11.6 Å². The van der Waals surface area contributed by atoms with Gasteiger partial charge in [0.2, 0.25) is 5.91 Å². The molecule has 0 bridgehead atoms. The average molecular weight is 249 g/mol. The van der Waals surface area contributed by atoms with Crippen LogP contribution in [0.2, 0.25) is 0 Å². The van der Waals surface area contributed by atoms with Crippen LogP contribution in [0.25, 0.3) is 0 Å². The van der Waals surface area contributed by atoms with E-state index in [1.54, 1.807) is 12.4 Å². The molecule has 0 spiro atoms. The molecular weight excluding hydrogens is 230 g/mol. The van der Waals surface area contributed by atoms with Gasteiger partial charge in [-0.05, 0) is 19.3 Å². The Kier molecular flexibility index (Phi) is 4.33. The first-order valence-corrected chi connectivity index (χ1v) is 6.37. The molecule has 0 aliphatic heterocycles. The summed E-state index contributed by atoms with van der Waals surface area (Å²) in [7, 11) is 0. The zero-order valence-electron chi connectivity index (χ0n) is 10.6. The lowest BCUT2D eigenvalue weighted by atomic mass is 10.5. The van der Waals surface area contributed by atoms with Crippen molar-refractivity contribution in [1.29, 1.82) is 0 Å². The molecule has 0 saturated heterocycles. The summed E-state index contributed by atoms with van der Waals surface area (Å²) in [5.74, 6) is 1.35. The maximum absolute atomic E-state index is 11.5. The fraction of sp³-hybridized carbons (Fsp3) is 0.583. The van der Waals surface area contributed by atoms with Crippen LogP contribution >= 0.6 is 0 Å². The van der Waals surface area contributed by atoms with Crippen LogP contribution in [-0.2, 0) is 4.79 Å². The Morgan fingerprint density at radius 3 is 2.72 bits per heavy atom. The van der Waals surface area contributed by atoms with E-state index in [0.29, 0.717) is 11.9 Å². The Morgan fingerprint density at radius 1 is 1.33 bits per heavy atom. The zero-order chi connectivity index (χ0) is 12.8. The summed E-state index contributed by atoms with van der Waals surface area (Å²) in [4.78, 5) is 19.9. The summed E-state index contributed by atoms with van der Waals surface area (Å²) >= 11 is 0. The summed E-state index contributed by atoms with van der Waals surface area (Å²) in [5.41, 5.74) is 0. The van der Waals surface area contributed by atoms with E-state index < -0.39 is 0 Å². The highest BCUT2D eigenvalue weighted by Crippen LogP contribution is 2.18. The normalized spacial score (nSPS) is 14.1. The van der Waals surface area contributed by atoms with E-state index in [4.69, 9.17) is 0 Å². The van der Waals surface area contributed by atoms with Gasteiger partial charge in [0.25, 0.3) is 0 Å². The first-order valence-electron chi connectivity index (χ1n) is 6.37. The molecule has 2 rings (SSSR count). The van der Waals surface area contributed by atoms with Crippen molar-refractivity contribution >= 4 is 17.5 Å². The van der Waals surface area contributed by atoms with Gasteiger partial charge >= 0.3 is 0 Å². The van der Waals surface area contributed by atoms with Crippen molar-refractivity contribution in [3.05, 3.63) is 12.4 Å². The molecule has 3 N–H and O–H groups in total. The molecule has 6 heteroatoms. The largest absolute Gasteiger partial charge is 0.369 e. The van der Waals surface area contributed by atoms with E-state index in [9.17, 15) is 4.79 Å². The minimum atomic E-state index is 0.00576. The molecule has 0 radical (unpaired) electrons. The molecule has 1 aliphatic carbocycles. The molecular formula is C12H19N5O. The fourth-order valence-corrected chi connectivity index (χ4v) is 1.47. The lowest BCUT2D eigenvalue weighted by molar-refractivity contribution is -0.119. The summed E-state index contributed by atoms with van der Waals surface area (Å²) in [5, 5.41) is 9.03. The molecule has 0 aromatic carbocycles. The van der Waals surface area contributed by atoms with E-state index >= 15 is 0 Å². The van der Waals surface area contributed by atoms with Crippen molar-refractivity contribution in [2.24, 2.45) is 0 Å². The predicted molar refractivity (Wildman–Crippen MR) is 70.5 cm³/mol. The van der Waals surface area contributed by atoms with Crippen LogP contribution in [0.15, 0.2) is 12.4 Å². The average Bonchev–Trinajstić information content (AvgIpc) is 3.18. The molecule has 1 heterocycles. The van der Waals surface area contributed by atoms with Gasteiger partial charge in [-0.2, -0.15) is 0 Å². The van der Waals surface area contributed by atoms with E-state index in [-0.39, 0.29) is 12.5 Å². The van der Waals surface area contributed by atoms with Crippen molar-refractivity contribution < 1.29 is 4.79 Å². The van der Waals surface area contributed by atoms with Gasteiger partial charge in [0.1, 0.15) is 11.6 Å². The smallest absolute Gasteiger partial charge is 0.239 e. The van der Waals surface area contributed by atoms with Gasteiger partial charge in [0.05, 0.1) is 18.9 Å². The molecule has 0 unspecified atom stereocenters. The molecule has 1 aliphatic rings. The molecule has 18 heavy (non-hydrogen) atoms. The second-order valence-electron chi connectivity index (χ2n) is 4.41. The Balaban J connectivity index is 1.78. The number of hydrogen-bond donors (Lipinski definition) is 3. The molecule has 98 valence electrons. The Labute approximate surface area is 107 Å². The van der Waals surface area contributed by atoms with Gasteiger partial charge in [-0.1, -0.05) is 6.92 Å². The number of anilines is 2. The van der Waals surface area contributed by atoms with Crippen molar-refractivity contribution in [1.82, 2.24) is 15.3 Å². The van der Waals surface area contributed by atoms with Crippen LogP contribution in [0.1, 0.15) is 26.2 Å². The summed E-state index contributed by atoms with van der Waals surface area (Å²) < 4.78 is 0. The van der Waals surface area contributed by atoms with Gasteiger partial charge < -0.3 is 16.0 Å². The molecule has 1 saturated carbocycles. The third-order valence-corrected chi connectivity index (χ3v) is 2.56. The molecule has 0 atom stereocenters. The van der Waals surface area contributed by atoms with E-state index in [0.717, 1.165) is 31.6 Å². The highest BCUT2D eigenvalue weighted by atomic mass is 16.2. The molecule has 1 fully saturated rings. The van der Waals surface area contributed by atoms with Gasteiger partial charge in [-0.15, -0.1) is 0 Å². The number of rotatable bonds is 7. The van der Waals surface area contributed by atoms with Gasteiger partial charge in [-0.3, -0.25) is 9.78 Å². The van der Waals surface area contributed by atoms with E-state index in [1.165, 1.54) is 0 Å². The topological polar surface area (TPSA) is 78.9 Å². The Hall–Kier alpha value is -1.85. The third kappa shape index (κ3) is 4.20. The summed E-state index contributed by atoms with van der Waals surface area (Å²) in [6.07, 6.45) is 6.51. The minimum absolute atomic E-state index is 0.00576. The van der Waals surface area contributed by atoms with Crippen molar-refractivity contribution in [3.63, 3.8) is 0 Å². The number of carbonyl (C=O) groups is 1. The Morgan fingerprint density at radius 2 is 2.06 bits per heavy atom. The number of carbonyl (C=O) groups excluding carboxylic acids is 1. The van der Waals surface area contributed by atoms with Crippen LogP contribution in [-0.4, -0.2) is 35.0 Å². The molecule has 1 aromatic heterocycles. The second kappa shape index (κ2) is 6.18. The predicted octanol–water partition coefficient (Wildman–Crippen LogP) is 0.989. The second-order valence-corrected chi connectivity index (χ2v) is 4.41. The first kappa shape index (κ1) is 12.6. The number of aromatic nitrogens is 2. The maximum Gasteiger partial charge on any atom is 0.239 e. The third-order valence-electron chi connectivity index (χ3n) is 2.56. The van der Waals surface area contributed by atoms with E-state index in [2.05, 4.69) is 32.8 Å². The lowest BCUT2D eigenvalue weighted by Gasteiger charge is -2.08. The number of nitrogens with zero attached hydrogens (tertiary/aromatic N) is 2. The van der Waals surface area contributed by atoms with Gasteiger partial charge in [0.15, 0.2) is 0 Å². The molecule has 1 amide bonds. The molecule has 1 aromatic rings. The van der Waals surface area contributed by atoms with Crippen LogP contribution in [0.3, 0.4) is 0 Å². The zero-order valence-corrected chi connectivity index (χ0v) is 10.6. The monoisotopic (exact) mass is 249 g/mol. The van der Waals surface area contributed by atoms with Crippen LogP contribution < -0.4 is 16.0 Å². The van der Waals surface area contributed by atoms with E-state index in [1.807, 2.05) is 0 Å². The number of amides is 1. The lowest BCUT2D eigenvalue weighted by Crippen LogP contribution is -2.31. The highest BCUT2D eigenvalue weighted by molar-refractivity contribution is 5.80. The Bertz CT molecular complexity index is 405. The fourth-order valence-electron chi connectivity index (χ4n) is 1.47. The van der Waals surface area contributed by atoms with Gasteiger partial charge in [0, 0.05) is 12.6 Å². The van der Waals surface area contributed by atoms with Crippen molar-refractivity contribution in [3.8, 4) is 0 Å². The highest BCUT2D eigenvalue weighted by Gasteiger charge is 2.22. The number of hydrogen-bond acceptors (Lipinski definition) is 5. The molecule has 6 nitrogen and oxygen atoms in total. The van der Waals surface area contributed by atoms with Crippen molar-refractivity contribution in [2.45, 2.75) is 32.2 Å². The van der Waals surface area contributed by atoms with Crippen molar-refractivity contribution in [2.75, 3.05) is 23.7 Å². The summed E-state index contributed by atoms with van der Waals surface area (Å²) in [6, 6.07) is 0.392. The van der Waals surface area contributed by atoms with Crippen LogP contribution in [0, 0.1) is 0 Å².